The molecular formula is C21H20N4O4. The first-order chi connectivity index (χ1) is 13.9. The molecule has 3 aromatic rings. The monoisotopic (exact) mass is 392 g/mol. The van der Waals surface area contributed by atoms with Crippen LogP contribution in [0.25, 0.3) is 11.3 Å². The number of rotatable bonds is 6. The molecule has 0 radical (unpaired) electrons. The third kappa shape index (κ3) is 5.07. The number of benzene rings is 2. The molecule has 1 aromatic heterocycles. The van der Waals surface area contributed by atoms with Crippen LogP contribution in [0.2, 0.25) is 0 Å². The minimum absolute atomic E-state index is 0.184. The Morgan fingerprint density at radius 2 is 1.59 bits per heavy atom. The van der Waals surface area contributed by atoms with Gasteiger partial charge in [0.2, 0.25) is 5.91 Å². The highest BCUT2D eigenvalue weighted by atomic mass is 16.5. The average Bonchev–Trinajstić information content (AvgIpc) is 3.20. The van der Waals surface area contributed by atoms with Gasteiger partial charge in [-0.3, -0.25) is 14.7 Å². The maximum atomic E-state index is 12.5. The van der Waals surface area contributed by atoms with Crippen LogP contribution in [0.5, 0.6) is 0 Å². The quantitative estimate of drug-likeness (QED) is 0.558. The summed E-state index contributed by atoms with van der Waals surface area (Å²) < 4.78 is 5.30. The van der Waals surface area contributed by atoms with Crippen LogP contribution in [-0.2, 0) is 14.3 Å². The van der Waals surface area contributed by atoms with E-state index in [1.54, 1.807) is 24.3 Å². The number of aromatic nitrogens is 2. The molecule has 2 aromatic carbocycles. The van der Waals surface area contributed by atoms with Crippen molar-refractivity contribution in [3.8, 4) is 11.3 Å². The molecule has 0 fully saturated rings. The number of aromatic amines is 1. The predicted octanol–water partition coefficient (Wildman–Crippen LogP) is 3.22. The van der Waals surface area contributed by atoms with Crippen molar-refractivity contribution in [2.24, 2.45) is 0 Å². The largest absolute Gasteiger partial charge is 0.449 e. The second-order valence-corrected chi connectivity index (χ2v) is 6.32. The van der Waals surface area contributed by atoms with E-state index in [4.69, 9.17) is 4.74 Å². The molecule has 0 spiro atoms. The van der Waals surface area contributed by atoms with Crippen molar-refractivity contribution < 1.29 is 19.1 Å². The lowest BCUT2D eigenvalue weighted by atomic mass is 10.1. The molecule has 1 heterocycles. The van der Waals surface area contributed by atoms with E-state index in [1.165, 1.54) is 20.0 Å². The van der Waals surface area contributed by atoms with Crippen molar-refractivity contribution in [1.82, 2.24) is 10.2 Å². The zero-order valence-corrected chi connectivity index (χ0v) is 15.9. The number of carbonyl (C=O) groups is 3. The third-order valence-corrected chi connectivity index (χ3v) is 4.05. The summed E-state index contributed by atoms with van der Waals surface area (Å²) in [6, 6.07) is 15.8. The minimum atomic E-state index is -1.02. The number of hydrogen-bond donors (Lipinski definition) is 3. The molecule has 0 aliphatic carbocycles. The van der Waals surface area contributed by atoms with Gasteiger partial charge in [-0.2, -0.15) is 5.10 Å². The highest BCUT2D eigenvalue weighted by molar-refractivity contribution is 6.00. The molecule has 0 aliphatic heterocycles. The smallest absolute Gasteiger partial charge is 0.342 e. The van der Waals surface area contributed by atoms with E-state index in [-0.39, 0.29) is 11.5 Å². The lowest BCUT2D eigenvalue weighted by Crippen LogP contribution is -2.30. The van der Waals surface area contributed by atoms with Gasteiger partial charge in [0, 0.05) is 23.9 Å². The molecule has 0 bridgehead atoms. The lowest BCUT2D eigenvalue weighted by Gasteiger charge is -2.14. The topological polar surface area (TPSA) is 113 Å². The van der Waals surface area contributed by atoms with Crippen molar-refractivity contribution in [2.45, 2.75) is 20.0 Å². The van der Waals surface area contributed by atoms with Crippen molar-refractivity contribution >= 4 is 29.2 Å². The Morgan fingerprint density at radius 1 is 0.966 bits per heavy atom. The number of anilines is 2. The van der Waals surface area contributed by atoms with Crippen molar-refractivity contribution in [3.05, 3.63) is 66.4 Å². The molecule has 0 aliphatic rings. The first kappa shape index (κ1) is 19.8. The van der Waals surface area contributed by atoms with Gasteiger partial charge >= 0.3 is 5.97 Å². The summed E-state index contributed by atoms with van der Waals surface area (Å²) in [5.41, 5.74) is 2.68. The average molecular weight is 392 g/mol. The molecule has 29 heavy (non-hydrogen) atoms. The number of ether oxygens (including phenoxy) is 1. The van der Waals surface area contributed by atoms with Crippen molar-refractivity contribution in [3.63, 3.8) is 0 Å². The van der Waals surface area contributed by atoms with E-state index in [9.17, 15) is 14.4 Å². The van der Waals surface area contributed by atoms with Crippen LogP contribution in [0.3, 0.4) is 0 Å². The molecule has 148 valence electrons. The first-order valence-corrected chi connectivity index (χ1v) is 8.92. The summed E-state index contributed by atoms with van der Waals surface area (Å²) in [6.07, 6.45) is 0.354. The number of amides is 2. The van der Waals surface area contributed by atoms with Crippen LogP contribution in [-0.4, -0.2) is 34.1 Å². The summed E-state index contributed by atoms with van der Waals surface area (Å²) in [5, 5.41) is 12.0. The number of hydrogen-bond acceptors (Lipinski definition) is 5. The highest BCUT2D eigenvalue weighted by Crippen LogP contribution is 2.22. The summed E-state index contributed by atoms with van der Waals surface area (Å²) in [7, 11) is 0. The van der Waals surface area contributed by atoms with E-state index in [2.05, 4.69) is 20.8 Å². The maximum absolute atomic E-state index is 12.5. The summed E-state index contributed by atoms with van der Waals surface area (Å²) >= 11 is 0. The van der Waals surface area contributed by atoms with E-state index in [1.807, 2.05) is 30.3 Å². The Balaban J connectivity index is 1.62. The molecule has 3 rings (SSSR count). The first-order valence-electron chi connectivity index (χ1n) is 8.92. The summed E-state index contributed by atoms with van der Waals surface area (Å²) in [6.45, 7) is 2.90. The SMILES string of the molecule is CC(=O)Nc1ccc(NC(=O)[C@H](C)OC(=O)c2cn[nH]c2-c2ccccc2)cc1. The normalized spacial score (nSPS) is 11.4. The highest BCUT2D eigenvalue weighted by Gasteiger charge is 2.22. The number of H-pyrrole nitrogens is 1. The van der Waals surface area contributed by atoms with Gasteiger partial charge in [0.1, 0.15) is 5.56 Å². The van der Waals surface area contributed by atoms with E-state index < -0.39 is 18.0 Å². The van der Waals surface area contributed by atoms with Crippen LogP contribution in [0.15, 0.2) is 60.8 Å². The number of nitrogens with one attached hydrogen (secondary N) is 3. The van der Waals surface area contributed by atoms with Gasteiger partial charge in [0.05, 0.1) is 11.9 Å². The zero-order valence-electron chi connectivity index (χ0n) is 15.9. The molecule has 0 saturated carbocycles. The molecule has 8 nitrogen and oxygen atoms in total. The predicted molar refractivity (Wildman–Crippen MR) is 108 cm³/mol. The molecule has 3 N–H and O–H groups in total. The molecular weight excluding hydrogens is 372 g/mol. The Bertz CT molecular complexity index is 1010. The fourth-order valence-corrected chi connectivity index (χ4v) is 2.63. The fraction of sp³-hybridized carbons (Fsp3) is 0.143. The second kappa shape index (κ2) is 8.83. The van der Waals surface area contributed by atoms with E-state index in [0.29, 0.717) is 17.1 Å². The van der Waals surface area contributed by atoms with Gasteiger partial charge in [0.15, 0.2) is 6.10 Å². The van der Waals surface area contributed by atoms with Crippen LogP contribution >= 0.6 is 0 Å². The van der Waals surface area contributed by atoms with Crippen LogP contribution in [0.4, 0.5) is 11.4 Å². The van der Waals surface area contributed by atoms with Crippen LogP contribution < -0.4 is 10.6 Å². The fourth-order valence-electron chi connectivity index (χ4n) is 2.63. The Kier molecular flexibility index (Phi) is 6.03. The number of esters is 1. The van der Waals surface area contributed by atoms with Gasteiger partial charge in [-0.15, -0.1) is 0 Å². The van der Waals surface area contributed by atoms with Gasteiger partial charge in [-0.25, -0.2) is 4.79 Å². The van der Waals surface area contributed by atoms with Gasteiger partial charge in [0.25, 0.3) is 5.91 Å². The Hall–Kier alpha value is -3.94. The van der Waals surface area contributed by atoms with Crippen molar-refractivity contribution in [1.29, 1.82) is 0 Å². The number of nitrogens with zero attached hydrogens (tertiary/aromatic N) is 1. The zero-order chi connectivity index (χ0) is 20.8. The standard InChI is InChI=1S/C21H20N4O4/c1-13(20(27)24-17-10-8-16(9-11-17)23-14(2)26)29-21(28)18-12-22-25-19(18)15-6-4-3-5-7-15/h3-13H,1-2H3,(H,22,25)(H,23,26)(H,24,27)/t13-/m0/s1. The Morgan fingerprint density at radius 3 is 2.21 bits per heavy atom. The summed E-state index contributed by atoms with van der Waals surface area (Å²) in [5.74, 6) is -1.31. The van der Waals surface area contributed by atoms with Gasteiger partial charge in [-0.1, -0.05) is 30.3 Å². The van der Waals surface area contributed by atoms with E-state index >= 15 is 0 Å². The Labute approximate surface area is 167 Å². The van der Waals surface area contributed by atoms with Crippen LogP contribution in [0, 0.1) is 0 Å². The summed E-state index contributed by atoms with van der Waals surface area (Å²) in [4.78, 5) is 35.9. The maximum Gasteiger partial charge on any atom is 0.342 e. The molecule has 2 amide bonds. The second-order valence-electron chi connectivity index (χ2n) is 6.32. The van der Waals surface area contributed by atoms with Gasteiger partial charge in [-0.05, 0) is 31.2 Å². The lowest BCUT2D eigenvalue weighted by molar-refractivity contribution is -0.123. The number of carbonyl (C=O) groups excluding carboxylic acids is 3. The molecule has 8 heteroatoms. The molecule has 0 unspecified atom stereocenters. The minimum Gasteiger partial charge on any atom is -0.449 e. The molecule has 0 saturated heterocycles. The van der Waals surface area contributed by atoms with E-state index in [0.717, 1.165) is 5.56 Å². The van der Waals surface area contributed by atoms with Crippen LogP contribution in [0.1, 0.15) is 24.2 Å². The van der Waals surface area contributed by atoms with Gasteiger partial charge < -0.3 is 15.4 Å². The third-order valence-electron chi connectivity index (χ3n) is 4.05. The molecule has 1 atom stereocenters. The van der Waals surface area contributed by atoms with Crippen molar-refractivity contribution in [2.75, 3.05) is 10.6 Å².